The predicted octanol–water partition coefficient (Wildman–Crippen LogP) is 4.00. The zero-order chi connectivity index (χ0) is 13.7. The van der Waals surface area contributed by atoms with Crippen LogP contribution in [0.2, 0.25) is 5.02 Å². The molecule has 0 aliphatic rings. The first kappa shape index (κ1) is 15.3. The summed E-state index contributed by atoms with van der Waals surface area (Å²) < 4.78 is 5.98. The lowest BCUT2D eigenvalue weighted by Gasteiger charge is -2.19. The van der Waals surface area contributed by atoms with Gasteiger partial charge >= 0.3 is 0 Å². The van der Waals surface area contributed by atoms with Gasteiger partial charge in [-0.3, -0.25) is 0 Å². The van der Waals surface area contributed by atoms with Crippen molar-refractivity contribution in [3.8, 4) is 5.75 Å². The minimum atomic E-state index is 0.391. The van der Waals surface area contributed by atoms with Gasteiger partial charge in [-0.25, -0.2) is 0 Å². The zero-order valence-electron chi connectivity index (χ0n) is 11.8. The van der Waals surface area contributed by atoms with Crippen LogP contribution in [0.4, 0.5) is 0 Å². The van der Waals surface area contributed by atoms with E-state index in [0.717, 1.165) is 29.4 Å². The molecule has 1 aromatic carbocycles. The van der Waals surface area contributed by atoms with Crippen molar-refractivity contribution in [2.75, 3.05) is 13.2 Å². The lowest BCUT2D eigenvalue weighted by molar-refractivity contribution is 0.265. The smallest absolute Gasteiger partial charge is 0.126 e. The van der Waals surface area contributed by atoms with Gasteiger partial charge in [0.15, 0.2) is 0 Å². The van der Waals surface area contributed by atoms with Crippen LogP contribution in [0, 0.1) is 5.92 Å². The molecule has 1 rings (SSSR count). The van der Waals surface area contributed by atoms with Crippen LogP contribution in [0.25, 0.3) is 0 Å². The Hall–Kier alpha value is -0.730. The first-order valence-electron chi connectivity index (χ1n) is 6.60. The fourth-order valence-corrected chi connectivity index (χ4v) is 2.12. The summed E-state index contributed by atoms with van der Waals surface area (Å²) in [6, 6.07) is 3.97. The van der Waals surface area contributed by atoms with E-state index in [4.69, 9.17) is 22.1 Å². The molecule has 3 heteroatoms. The third kappa shape index (κ3) is 4.18. The summed E-state index contributed by atoms with van der Waals surface area (Å²) in [7, 11) is 0. The van der Waals surface area contributed by atoms with Gasteiger partial charge in [0.1, 0.15) is 5.75 Å². The van der Waals surface area contributed by atoms with E-state index in [1.807, 2.05) is 12.1 Å². The van der Waals surface area contributed by atoms with Gasteiger partial charge in [0.2, 0.25) is 0 Å². The van der Waals surface area contributed by atoms with Gasteiger partial charge in [0.25, 0.3) is 0 Å². The average Bonchev–Trinajstić information content (AvgIpc) is 2.27. The molecule has 0 atom stereocenters. The summed E-state index contributed by atoms with van der Waals surface area (Å²) >= 11 is 6.17. The topological polar surface area (TPSA) is 35.2 Å². The molecule has 0 bridgehead atoms. The van der Waals surface area contributed by atoms with Crippen molar-refractivity contribution in [3.63, 3.8) is 0 Å². The van der Waals surface area contributed by atoms with Crippen LogP contribution in [-0.4, -0.2) is 13.2 Å². The predicted molar refractivity (Wildman–Crippen MR) is 78.6 cm³/mol. The second-order valence-corrected chi connectivity index (χ2v) is 5.82. The molecule has 0 aromatic heterocycles. The highest BCUT2D eigenvalue weighted by Gasteiger charge is 2.14. The van der Waals surface area contributed by atoms with E-state index >= 15 is 0 Å². The Morgan fingerprint density at radius 2 is 1.89 bits per heavy atom. The summed E-state index contributed by atoms with van der Waals surface area (Å²) in [5.74, 6) is 1.88. The summed E-state index contributed by atoms with van der Waals surface area (Å²) in [4.78, 5) is 0. The van der Waals surface area contributed by atoms with E-state index in [0.29, 0.717) is 18.4 Å². The maximum Gasteiger partial charge on any atom is 0.126 e. The Bertz CT molecular complexity index is 388. The zero-order valence-corrected chi connectivity index (χ0v) is 12.6. The molecule has 0 radical (unpaired) electrons. The standard InChI is InChI=1S/C15H24ClNO/c1-10(2)9-18-15-12(5-6-17)7-13(16)8-14(15)11(3)4/h7-8,10-11H,5-6,9,17H2,1-4H3. The highest BCUT2D eigenvalue weighted by atomic mass is 35.5. The third-order valence-electron chi connectivity index (χ3n) is 2.76. The second-order valence-electron chi connectivity index (χ2n) is 5.38. The fourth-order valence-electron chi connectivity index (χ4n) is 1.87. The van der Waals surface area contributed by atoms with Crippen molar-refractivity contribution in [2.45, 2.75) is 40.0 Å². The molecular formula is C15H24ClNO. The first-order chi connectivity index (χ1) is 8.45. The quantitative estimate of drug-likeness (QED) is 0.847. The molecule has 0 aliphatic carbocycles. The first-order valence-corrected chi connectivity index (χ1v) is 6.98. The van der Waals surface area contributed by atoms with Crippen LogP contribution >= 0.6 is 11.6 Å². The molecule has 0 aliphatic heterocycles. The summed E-state index contributed by atoms with van der Waals surface area (Å²) in [5.41, 5.74) is 7.96. The van der Waals surface area contributed by atoms with Crippen molar-refractivity contribution in [1.29, 1.82) is 0 Å². The van der Waals surface area contributed by atoms with Crippen molar-refractivity contribution >= 4 is 11.6 Å². The molecular weight excluding hydrogens is 246 g/mol. The number of rotatable bonds is 6. The molecule has 0 unspecified atom stereocenters. The monoisotopic (exact) mass is 269 g/mol. The van der Waals surface area contributed by atoms with Gasteiger partial charge in [0, 0.05) is 5.02 Å². The van der Waals surface area contributed by atoms with Gasteiger partial charge in [-0.1, -0.05) is 39.3 Å². The highest BCUT2D eigenvalue weighted by Crippen LogP contribution is 2.34. The molecule has 0 spiro atoms. The number of nitrogens with two attached hydrogens (primary N) is 1. The van der Waals surface area contributed by atoms with Gasteiger partial charge in [-0.2, -0.15) is 0 Å². The fraction of sp³-hybridized carbons (Fsp3) is 0.600. The highest BCUT2D eigenvalue weighted by molar-refractivity contribution is 6.30. The number of hydrogen-bond donors (Lipinski definition) is 1. The lowest BCUT2D eigenvalue weighted by Crippen LogP contribution is -2.11. The minimum Gasteiger partial charge on any atom is -0.493 e. The van der Waals surface area contributed by atoms with Crippen LogP contribution in [0.5, 0.6) is 5.75 Å². The third-order valence-corrected chi connectivity index (χ3v) is 2.97. The van der Waals surface area contributed by atoms with Crippen LogP contribution in [0.1, 0.15) is 44.7 Å². The molecule has 18 heavy (non-hydrogen) atoms. The van der Waals surface area contributed by atoms with Crippen LogP contribution < -0.4 is 10.5 Å². The van der Waals surface area contributed by atoms with Crippen molar-refractivity contribution in [2.24, 2.45) is 11.7 Å². The van der Waals surface area contributed by atoms with Crippen LogP contribution in [0.15, 0.2) is 12.1 Å². The summed E-state index contributed by atoms with van der Waals surface area (Å²) in [6.07, 6.45) is 0.799. The molecule has 0 saturated carbocycles. The van der Waals surface area contributed by atoms with Gasteiger partial charge in [-0.15, -0.1) is 0 Å². The summed E-state index contributed by atoms with van der Waals surface area (Å²) in [6.45, 7) is 9.93. The SMILES string of the molecule is CC(C)COc1c(CCN)cc(Cl)cc1C(C)C. The van der Waals surface area contributed by atoms with Crippen LogP contribution in [-0.2, 0) is 6.42 Å². The Kier molecular flexibility index (Phi) is 5.97. The van der Waals surface area contributed by atoms with Gasteiger partial charge in [0.05, 0.1) is 6.61 Å². The largest absolute Gasteiger partial charge is 0.493 e. The molecule has 0 amide bonds. The molecule has 2 N–H and O–H groups in total. The number of halogens is 1. The van der Waals surface area contributed by atoms with E-state index in [9.17, 15) is 0 Å². The molecule has 2 nitrogen and oxygen atoms in total. The lowest BCUT2D eigenvalue weighted by atomic mass is 9.97. The molecule has 0 saturated heterocycles. The number of ether oxygens (including phenoxy) is 1. The molecule has 0 heterocycles. The number of benzene rings is 1. The van der Waals surface area contributed by atoms with E-state index in [2.05, 4.69) is 27.7 Å². The van der Waals surface area contributed by atoms with Crippen molar-refractivity contribution < 1.29 is 4.74 Å². The Morgan fingerprint density at radius 3 is 2.39 bits per heavy atom. The van der Waals surface area contributed by atoms with E-state index in [1.165, 1.54) is 5.56 Å². The second kappa shape index (κ2) is 7.01. The van der Waals surface area contributed by atoms with Gasteiger partial charge in [-0.05, 0) is 48.1 Å². The Balaban J connectivity index is 3.13. The molecule has 1 aromatic rings. The van der Waals surface area contributed by atoms with E-state index in [1.54, 1.807) is 0 Å². The van der Waals surface area contributed by atoms with Crippen molar-refractivity contribution in [1.82, 2.24) is 0 Å². The number of hydrogen-bond acceptors (Lipinski definition) is 2. The van der Waals surface area contributed by atoms with Crippen molar-refractivity contribution in [3.05, 3.63) is 28.3 Å². The van der Waals surface area contributed by atoms with E-state index in [-0.39, 0.29) is 0 Å². The maximum atomic E-state index is 6.17. The maximum absolute atomic E-state index is 6.17. The Labute approximate surface area is 115 Å². The summed E-state index contributed by atoms with van der Waals surface area (Å²) in [5, 5.41) is 0.763. The minimum absolute atomic E-state index is 0.391. The van der Waals surface area contributed by atoms with Gasteiger partial charge < -0.3 is 10.5 Å². The normalized spacial score (nSPS) is 11.3. The van der Waals surface area contributed by atoms with Crippen LogP contribution in [0.3, 0.4) is 0 Å². The Morgan fingerprint density at radius 1 is 1.22 bits per heavy atom. The molecule has 102 valence electrons. The average molecular weight is 270 g/mol. The van der Waals surface area contributed by atoms with E-state index < -0.39 is 0 Å². The molecule has 0 fully saturated rings.